The molecule has 5 nitrogen and oxygen atoms in total. The third kappa shape index (κ3) is 0.798. The standard InChI is InChI=1S/C4H8NO4PS/c1-2-3-4(5,11)9-10(6,7-3)8-3/h11H,2,5H2,1H3. The van der Waals surface area contributed by atoms with Crippen LogP contribution in [0.15, 0.2) is 0 Å². The van der Waals surface area contributed by atoms with Gasteiger partial charge < -0.3 is 0 Å². The molecule has 1 unspecified atom stereocenters. The van der Waals surface area contributed by atoms with Gasteiger partial charge in [-0.2, -0.15) is 0 Å². The van der Waals surface area contributed by atoms with Gasteiger partial charge in [0.2, 0.25) is 10.8 Å². The Kier molecular flexibility index (Phi) is 1.34. The third-order valence-corrected chi connectivity index (χ3v) is 3.91. The van der Waals surface area contributed by atoms with Gasteiger partial charge in [-0.3, -0.25) is 5.73 Å². The van der Waals surface area contributed by atoms with Crippen LogP contribution in [0.3, 0.4) is 0 Å². The summed E-state index contributed by atoms with van der Waals surface area (Å²) in [5.41, 5.74) is 5.51. The summed E-state index contributed by atoms with van der Waals surface area (Å²) in [6.07, 6.45) is 0.455. The van der Waals surface area contributed by atoms with E-state index in [2.05, 4.69) is 12.6 Å². The van der Waals surface area contributed by atoms with E-state index >= 15 is 0 Å². The molecule has 0 spiro atoms. The zero-order valence-electron chi connectivity index (χ0n) is 5.81. The maximum absolute atomic E-state index is 11.1. The van der Waals surface area contributed by atoms with Crippen LogP contribution in [0.25, 0.3) is 0 Å². The predicted molar refractivity (Wildman–Crippen MR) is 39.8 cm³/mol. The van der Waals surface area contributed by atoms with Crippen molar-refractivity contribution in [2.75, 3.05) is 0 Å². The Labute approximate surface area is 69.2 Å². The van der Waals surface area contributed by atoms with Gasteiger partial charge in [-0.15, -0.1) is 12.6 Å². The summed E-state index contributed by atoms with van der Waals surface area (Å²) in [5, 5.41) is -1.38. The first-order valence-electron chi connectivity index (χ1n) is 3.17. The van der Waals surface area contributed by atoms with Crippen molar-refractivity contribution in [2.45, 2.75) is 24.2 Å². The second-order valence-corrected chi connectivity index (χ2v) is 4.63. The van der Waals surface area contributed by atoms with E-state index in [9.17, 15) is 4.57 Å². The highest BCUT2D eigenvalue weighted by atomic mass is 32.1. The number of thiol groups is 1. The van der Waals surface area contributed by atoms with Gasteiger partial charge in [0.25, 0.3) is 0 Å². The molecule has 0 saturated carbocycles. The van der Waals surface area contributed by atoms with Crippen LogP contribution in [0.2, 0.25) is 0 Å². The second kappa shape index (κ2) is 1.84. The first-order valence-corrected chi connectivity index (χ1v) is 5.07. The lowest BCUT2D eigenvalue weighted by molar-refractivity contribution is -0.191. The molecule has 3 fully saturated rings. The highest BCUT2D eigenvalue weighted by Crippen LogP contribution is 2.77. The molecule has 0 aliphatic carbocycles. The number of nitrogens with two attached hydrogens (primary N) is 1. The van der Waals surface area contributed by atoms with Crippen molar-refractivity contribution in [1.82, 2.24) is 0 Å². The van der Waals surface area contributed by atoms with Gasteiger partial charge in [0.1, 0.15) is 0 Å². The summed E-state index contributed by atoms with van der Waals surface area (Å²) in [7, 11) is -3.30. The van der Waals surface area contributed by atoms with Gasteiger partial charge in [-0.1, -0.05) is 6.92 Å². The molecule has 3 aliphatic heterocycles. The molecule has 0 aromatic carbocycles. The minimum atomic E-state index is -3.30. The average Bonchev–Trinajstić information content (AvgIpc) is 2.08. The normalized spacial score (nSPS) is 61.0. The predicted octanol–water partition coefficient (Wildman–Crippen LogP) is 0.820. The van der Waals surface area contributed by atoms with Gasteiger partial charge in [0.05, 0.1) is 0 Å². The smallest absolute Gasteiger partial charge is 0.290 e. The molecule has 3 heterocycles. The first-order chi connectivity index (χ1) is 4.93. The Morgan fingerprint density at radius 1 is 1.55 bits per heavy atom. The fourth-order valence-electron chi connectivity index (χ4n) is 1.16. The van der Waals surface area contributed by atoms with Crippen LogP contribution in [-0.2, 0) is 18.1 Å². The lowest BCUT2D eigenvalue weighted by Gasteiger charge is -2.36. The summed E-state index contributed by atoms with van der Waals surface area (Å²) in [5.74, 6) is -1.11. The van der Waals surface area contributed by atoms with Crippen LogP contribution in [0.5, 0.6) is 0 Å². The average molecular weight is 197 g/mol. The van der Waals surface area contributed by atoms with Crippen LogP contribution >= 0.6 is 20.5 Å². The molecule has 0 aromatic heterocycles. The van der Waals surface area contributed by atoms with Crippen LogP contribution in [0.1, 0.15) is 13.3 Å². The lowest BCUT2D eigenvalue weighted by Crippen LogP contribution is -2.55. The van der Waals surface area contributed by atoms with E-state index < -0.39 is 18.7 Å². The fraction of sp³-hybridized carbons (Fsp3) is 1.00. The highest BCUT2D eigenvalue weighted by Gasteiger charge is 2.76. The maximum atomic E-state index is 11.1. The van der Waals surface area contributed by atoms with Gasteiger partial charge in [0, 0.05) is 6.42 Å². The summed E-state index contributed by atoms with van der Waals surface area (Å²) >= 11 is 3.94. The molecule has 0 aromatic rings. The molecule has 11 heavy (non-hydrogen) atoms. The van der Waals surface area contributed by atoms with Crippen LogP contribution in [0.4, 0.5) is 0 Å². The van der Waals surface area contributed by atoms with Crippen molar-refractivity contribution in [3.05, 3.63) is 0 Å². The minimum Gasteiger partial charge on any atom is -0.290 e. The van der Waals surface area contributed by atoms with E-state index in [1.807, 2.05) is 0 Å². The minimum absolute atomic E-state index is 0.455. The SMILES string of the molecule is CCC12OP(=O)(OC1(N)S)O2. The molecule has 2 bridgehead atoms. The Morgan fingerprint density at radius 2 is 2.09 bits per heavy atom. The summed E-state index contributed by atoms with van der Waals surface area (Å²) in [6.45, 7) is 1.79. The van der Waals surface area contributed by atoms with Crippen molar-refractivity contribution >= 4 is 20.5 Å². The number of fused-ring (bicyclic) bond motifs is 1. The van der Waals surface area contributed by atoms with E-state index in [0.717, 1.165) is 0 Å². The molecule has 3 aliphatic rings. The van der Waals surface area contributed by atoms with Gasteiger partial charge in [-0.05, 0) is 0 Å². The zero-order chi connectivity index (χ0) is 8.33. The van der Waals surface area contributed by atoms with Crippen molar-refractivity contribution < 1.29 is 18.1 Å². The Morgan fingerprint density at radius 3 is 2.27 bits per heavy atom. The summed E-state index contributed by atoms with van der Waals surface area (Å²) in [4.78, 5) is 0. The van der Waals surface area contributed by atoms with E-state index in [4.69, 9.17) is 19.3 Å². The molecule has 0 radical (unpaired) electrons. The summed E-state index contributed by atoms with van der Waals surface area (Å²) in [6, 6.07) is 0. The molecular formula is C4H8NO4PS. The third-order valence-electron chi connectivity index (χ3n) is 1.78. The van der Waals surface area contributed by atoms with E-state index in [1.165, 1.54) is 0 Å². The van der Waals surface area contributed by atoms with Crippen molar-refractivity contribution in [2.24, 2.45) is 5.73 Å². The summed E-state index contributed by atoms with van der Waals surface area (Å²) < 4.78 is 25.6. The van der Waals surface area contributed by atoms with Crippen LogP contribution in [0, 0.1) is 0 Å². The molecular weight excluding hydrogens is 189 g/mol. The van der Waals surface area contributed by atoms with E-state index in [-0.39, 0.29) is 0 Å². The van der Waals surface area contributed by atoms with Crippen molar-refractivity contribution in [3.8, 4) is 0 Å². The Hall–Kier alpha value is 0.420. The number of phosphoric ester groups is 1. The topological polar surface area (TPSA) is 70.8 Å². The molecule has 3 saturated heterocycles. The van der Waals surface area contributed by atoms with Crippen LogP contribution in [-0.4, -0.2) is 10.8 Å². The number of phosphoric acid groups is 1. The zero-order valence-corrected chi connectivity index (χ0v) is 7.60. The number of rotatable bonds is 1. The fourth-order valence-corrected chi connectivity index (χ4v) is 3.67. The quantitative estimate of drug-likeness (QED) is 0.370. The molecule has 0 amide bonds. The molecule has 1 atom stereocenters. The second-order valence-electron chi connectivity index (χ2n) is 2.52. The van der Waals surface area contributed by atoms with Gasteiger partial charge >= 0.3 is 7.82 Å². The molecule has 7 heteroatoms. The van der Waals surface area contributed by atoms with Gasteiger partial charge in [-0.25, -0.2) is 18.1 Å². The van der Waals surface area contributed by atoms with Gasteiger partial charge in [0.15, 0.2) is 0 Å². The molecule has 2 N–H and O–H groups in total. The molecule has 64 valence electrons. The highest BCUT2D eigenvalue weighted by molar-refractivity contribution is 7.82. The lowest BCUT2D eigenvalue weighted by atomic mass is 10.2. The Balaban J connectivity index is 2.36. The molecule has 3 rings (SSSR count). The van der Waals surface area contributed by atoms with Crippen molar-refractivity contribution in [3.63, 3.8) is 0 Å². The first kappa shape index (κ1) is 8.04. The number of hydrogen-bond donors (Lipinski definition) is 2. The number of hydrogen-bond acceptors (Lipinski definition) is 6. The van der Waals surface area contributed by atoms with E-state index in [0.29, 0.717) is 6.42 Å². The van der Waals surface area contributed by atoms with Crippen molar-refractivity contribution in [1.29, 1.82) is 0 Å². The van der Waals surface area contributed by atoms with Crippen LogP contribution < -0.4 is 5.73 Å². The van der Waals surface area contributed by atoms with E-state index in [1.54, 1.807) is 6.92 Å². The maximum Gasteiger partial charge on any atom is 0.482 e. The Bertz CT molecular complexity index is 244. The monoisotopic (exact) mass is 197 g/mol. The largest absolute Gasteiger partial charge is 0.482 e.